The largest absolute Gasteiger partial charge is 0.487 e. The summed E-state index contributed by atoms with van der Waals surface area (Å²) >= 11 is 6.39. The van der Waals surface area contributed by atoms with Crippen molar-refractivity contribution < 1.29 is 32.2 Å². The van der Waals surface area contributed by atoms with Gasteiger partial charge in [0.05, 0.1) is 29.9 Å². The third-order valence-corrected chi connectivity index (χ3v) is 7.80. The third kappa shape index (κ3) is 9.28. The summed E-state index contributed by atoms with van der Waals surface area (Å²) in [6, 6.07) is -0.685. The molecule has 8 nitrogen and oxygen atoms in total. The maximum Gasteiger partial charge on any atom is 0.434 e. The number of nitrogens with one attached hydrogen (secondary N) is 1. The van der Waals surface area contributed by atoms with E-state index in [1.807, 2.05) is 25.2 Å². The molecule has 2 aliphatic heterocycles. The van der Waals surface area contributed by atoms with Crippen LogP contribution >= 0.6 is 11.6 Å². The minimum absolute atomic E-state index is 0.00379. The molecule has 0 aliphatic carbocycles. The number of carbonyl (C=O) groups is 2. The first-order valence-corrected chi connectivity index (χ1v) is 15.3. The normalized spacial score (nSPS) is 21.2. The number of methoxy groups -OCH3 is 1. The van der Waals surface area contributed by atoms with Crippen LogP contribution in [0, 0.1) is 11.8 Å². The van der Waals surface area contributed by atoms with Crippen molar-refractivity contribution in [2.75, 3.05) is 20.3 Å². The quantitative estimate of drug-likeness (QED) is 0.145. The smallest absolute Gasteiger partial charge is 0.434 e. The molecular formula is C35H40ClF3N4O4. The highest BCUT2D eigenvalue weighted by molar-refractivity contribution is 6.31. The Bertz CT molecular complexity index is 1580. The number of hydrogen-bond donors (Lipinski definition) is 1. The number of alkyl halides is 3. The van der Waals surface area contributed by atoms with Crippen LogP contribution in [0.5, 0.6) is 0 Å². The van der Waals surface area contributed by atoms with E-state index in [1.165, 1.54) is 13.2 Å². The van der Waals surface area contributed by atoms with Crippen LogP contribution in [0.3, 0.4) is 0 Å². The number of allylic oxidation sites excluding steroid dienone is 8. The maximum atomic E-state index is 13.8. The van der Waals surface area contributed by atoms with Crippen LogP contribution in [0.2, 0.25) is 0 Å². The van der Waals surface area contributed by atoms with E-state index in [0.717, 1.165) is 18.2 Å². The van der Waals surface area contributed by atoms with Crippen molar-refractivity contribution >= 4 is 29.8 Å². The van der Waals surface area contributed by atoms with E-state index in [0.29, 0.717) is 34.5 Å². The lowest BCUT2D eigenvalue weighted by Gasteiger charge is -2.26. The van der Waals surface area contributed by atoms with E-state index >= 15 is 0 Å². The first kappa shape index (κ1) is 37.0. The zero-order valence-electron chi connectivity index (χ0n) is 26.9. The number of aldehydes is 1. The molecule has 0 saturated carbocycles. The Labute approximate surface area is 278 Å². The van der Waals surface area contributed by atoms with E-state index in [2.05, 4.69) is 37.1 Å². The average molecular weight is 673 g/mol. The molecule has 12 heteroatoms. The van der Waals surface area contributed by atoms with Crippen LogP contribution in [0.25, 0.3) is 5.82 Å². The van der Waals surface area contributed by atoms with Gasteiger partial charge >= 0.3 is 12.3 Å². The number of dihydropyridines is 1. The summed E-state index contributed by atoms with van der Waals surface area (Å²) in [7, 11) is 1.36. The summed E-state index contributed by atoms with van der Waals surface area (Å²) in [4.78, 5) is 25.1. The van der Waals surface area contributed by atoms with Crippen LogP contribution in [0.1, 0.15) is 49.7 Å². The van der Waals surface area contributed by atoms with Crippen LogP contribution in [0.15, 0.2) is 108 Å². The number of hydrogen-bond acceptors (Lipinski definition) is 6. The summed E-state index contributed by atoms with van der Waals surface area (Å²) in [5, 5.41) is 6.90. The van der Waals surface area contributed by atoms with Gasteiger partial charge in [-0.25, -0.2) is 9.48 Å². The van der Waals surface area contributed by atoms with E-state index < -0.39 is 29.6 Å². The lowest BCUT2D eigenvalue weighted by Crippen LogP contribution is -2.34. The number of halogens is 4. The van der Waals surface area contributed by atoms with Gasteiger partial charge in [0.1, 0.15) is 18.2 Å². The first-order valence-electron chi connectivity index (χ1n) is 14.9. The maximum absolute atomic E-state index is 13.8. The summed E-state index contributed by atoms with van der Waals surface area (Å²) in [6.07, 6.45) is 11.2. The molecule has 1 aromatic heterocycles. The molecule has 0 radical (unpaired) electrons. The zero-order valence-corrected chi connectivity index (χ0v) is 27.7. The molecule has 2 aliphatic rings. The molecule has 3 heterocycles. The summed E-state index contributed by atoms with van der Waals surface area (Å²) in [5.41, 5.74) is 1.10. The highest BCUT2D eigenvalue weighted by atomic mass is 35.5. The topological polar surface area (TPSA) is 85.7 Å². The highest BCUT2D eigenvalue weighted by Crippen LogP contribution is 2.35. The van der Waals surface area contributed by atoms with Crippen molar-refractivity contribution in [1.29, 1.82) is 0 Å². The number of aromatic nitrogens is 2. The molecule has 1 N–H and O–H groups in total. The number of rotatable bonds is 11. The number of ether oxygens (including phenoxy) is 2. The Kier molecular flexibility index (Phi) is 12.9. The second kappa shape index (κ2) is 16.4. The second-order valence-electron chi connectivity index (χ2n) is 11.2. The van der Waals surface area contributed by atoms with Gasteiger partial charge in [-0.2, -0.15) is 18.3 Å². The van der Waals surface area contributed by atoms with Crippen LogP contribution < -0.4 is 5.32 Å². The van der Waals surface area contributed by atoms with Crippen LogP contribution in [0.4, 0.5) is 18.0 Å². The molecule has 1 amide bonds. The van der Waals surface area contributed by atoms with E-state index in [-0.39, 0.29) is 41.3 Å². The van der Waals surface area contributed by atoms with Gasteiger partial charge in [-0.15, -0.1) is 0 Å². The fourth-order valence-corrected chi connectivity index (χ4v) is 5.66. The number of carbonyl (C=O) groups excluding carboxylic acids is 2. The highest BCUT2D eigenvalue weighted by Gasteiger charge is 2.39. The standard InChI is InChI=1S/C35H40ClF3N4O4/c1-8-11-29(30-12-10-13-31(41-30)43-33(35(37,38)39)28(20-44)18-40-43)32(25(6)36)47-21-22(3)14-15-26(9-2)27-16-23(4)19-42(24(5)17-27)34(45)46-7/h8-15,18,20,23,27,30,41H,3,5-6,16-17,19,21H2,1-2,4,7H3/b11-8-,15-14-,26-9+,32-29-. The Morgan fingerprint density at radius 3 is 2.55 bits per heavy atom. The fraction of sp³-hybridized carbons (Fsp3) is 0.343. The van der Waals surface area contributed by atoms with Gasteiger partial charge in [0, 0.05) is 17.8 Å². The summed E-state index contributed by atoms with van der Waals surface area (Å²) in [6.45, 7) is 18.5. The van der Waals surface area contributed by atoms with Crippen molar-refractivity contribution in [2.45, 2.75) is 45.8 Å². The molecule has 0 bridgehead atoms. The van der Waals surface area contributed by atoms with Gasteiger partial charge in [0.15, 0.2) is 12.0 Å². The molecule has 47 heavy (non-hydrogen) atoms. The number of nitrogens with zero attached hydrogens (tertiary/aromatic N) is 3. The second-order valence-corrected chi connectivity index (χ2v) is 11.6. The number of likely N-dealkylation sites (tertiary alicyclic amines) is 1. The van der Waals surface area contributed by atoms with Crippen molar-refractivity contribution in [3.8, 4) is 0 Å². The van der Waals surface area contributed by atoms with E-state index in [4.69, 9.17) is 21.1 Å². The van der Waals surface area contributed by atoms with Crippen molar-refractivity contribution in [2.24, 2.45) is 11.8 Å². The van der Waals surface area contributed by atoms with Gasteiger partial charge in [0.25, 0.3) is 0 Å². The Balaban J connectivity index is 1.79. The predicted octanol–water partition coefficient (Wildman–Crippen LogP) is 8.33. The van der Waals surface area contributed by atoms with Crippen molar-refractivity contribution in [1.82, 2.24) is 20.0 Å². The van der Waals surface area contributed by atoms with Gasteiger partial charge in [-0.3, -0.25) is 9.69 Å². The molecule has 1 aromatic rings. The monoisotopic (exact) mass is 672 g/mol. The zero-order chi connectivity index (χ0) is 34.9. The minimum atomic E-state index is -4.82. The van der Waals surface area contributed by atoms with E-state index in [9.17, 15) is 22.8 Å². The predicted molar refractivity (Wildman–Crippen MR) is 178 cm³/mol. The molecule has 3 atom stereocenters. The average Bonchev–Trinajstić information content (AvgIpc) is 3.42. The minimum Gasteiger partial charge on any atom is -0.487 e. The number of amides is 1. The molecule has 3 unspecified atom stereocenters. The van der Waals surface area contributed by atoms with Crippen molar-refractivity contribution in [3.63, 3.8) is 0 Å². The molecule has 0 spiro atoms. The van der Waals surface area contributed by atoms with Gasteiger partial charge in [0.2, 0.25) is 0 Å². The lowest BCUT2D eigenvalue weighted by atomic mass is 9.87. The lowest BCUT2D eigenvalue weighted by molar-refractivity contribution is -0.143. The van der Waals surface area contributed by atoms with E-state index in [1.54, 1.807) is 36.1 Å². The summed E-state index contributed by atoms with van der Waals surface area (Å²) < 4.78 is 53.1. The fourth-order valence-electron chi connectivity index (χ4n) is 5.50. The molecule has 0 aromatic carbocycles. The SMILES string of the molecule is C=C(/C=C\C(=C/C)C1CC(=C)N(C(=O)OC)CC(C)C1)CO/C(C(=C)Cl)=C(/C=C\C)C1C=CC=C(n2ncc(C=O)c2C(F)(F)F)N1. The Morgan fingerprint density at radius 1 is 1.23 bits per heavy atom. The molecule has 3 rings (SSSR count). The molecular weight excluding hydrogens is 633 g/mol. The van der Waals surface area contributed by atoms with Gasteiger partial charge < -0.3 is 14.8 Å². The van der Waals surface area contributed by atoms with Crippen LogP contribution in [-0.4, -0.2) is 53.4 Å². The van der Waals surface area contributed by atoms with Crippen LogP contribution in [-0.2, 0) is 15.7 Å². The molecule has 252 valence electrons. The first-order chi connectivity index (χ1) is 22.2. The Morgan fingerprint density at radius 2 is 1.96 bits per heavy atom. The van der Waals surface area contributed by atoms with Gasteiger partial charge in [-0.05, 0) is 55.7 Å². The molecule has 1 fully saturated rings. The van der Waals surface area contributed by atoms with Gasteiger partial charge in [-0.1, -0.05) is 80.8 Å². The summed E-state index contributed by atoms with van der Waals surface area (Å²) in [5.74, 6) is 0.564. The third-order valence-electron chi connectivity index (χ3n) is 7.63. The van der Waals surface area contributed by atoms with Crippen molar-refractivity contribution in [3.05, 3.63) is 119 Å². The molecule has 1 saturated heterocycles. The Hall–Kier alpha value is -4.51.